The lowest BCUT2D eigenvalue weighted by Gasteiger charge is -2.31. The van der Waals surface area contributed by atoms with Gasteiger partial charge in [0.25, 0.3) is 0 Å². The molecule has 2 saturated carbocycles. The molecule has 2 fully saturated rings. The molecular formula is C13H22N2. The predicted octanol–water partition coefficient (Wildman–Crippen LogP) is 2.99. The van der Waals surface area contributed by atoms with Crippen LogP contribution in [0.2, 0.25) is 0 Å². The first-order valence-electron chi connectivity index (χ1n) is 6.54. The fourth-order valence-electron chi connectivity index (χ4n) is 2.99. The Labute approximate surface area is 93.0 Å². The van der Waals surface area contributed by atoms with Crippen LogP contribution in [-0.4, -0.2) is 12.1 Å². The lowest BCUT2D eigenvalue weighted by Crippen LogP contribution is -2.41. The summed E-state index contributed by atoms with van der Waals surface area (Å²) in [5.41, 5.74) is 0. The van der Waals surface area contributed by atoms with E-state index in [4.69, 9.17) is 5.26 Å². The van der Waals surface area contributed by atoms with Crippen LogP contribution in [0.15, 0.2) is 0 Å². The summed E-state index contributed by atoms with van der Waals surface area (Å²) in [4.78, 5) is 0. The van der Waals surface area contributed by atoms with Crippen molar-refractivity contribution in [2.75, 3.05) is 0 Å². The summed E-state index contributed by atoms with van der Waals surface area (Å²) in [5.74, 6) is 0.342. The summed E-state index contributed by atoms with van der Waals surface area (Å²) in [6.45, 7) is 0. The van der Waals surface area contributed by atoms with Gasteiger partial charge in [-0.3, -0.25) is 0 Å². The second-order valence-corrected chi connectivity index (χ2v) is 5.18. The zero-order chi connectivity index (χ0) is 10.5. The van der Waals surface area contributed by atoms with Gasteiger partial charge < -0.3 is 5.32 Å². The van der Waals surface area contributed by atoms with E-state index in [1.54, 1.807) is 0 Å². The van der Waals surface area contributed by atoms with E-state index in [0.717, 1.165) is 18.9 Å². The number of nitrogens with zero attached hydrogens (tertiary/aromatic N) is 1. The molecule has 15 heavy (non-hydrogen) atoms. The third kappa shape index (κ3) is 3.21. The normalized spacial score (nSPS) is 33.5. The summed E-state index contributed by atoms with van der Waals surface area (Å²) in [5, 5.41) is 12.6. The van der Waals surface area contributed by atoms with Gasteiger partial charge in [-0.1, -0.05) is 19.3 Å². The minimum Gasteiger partial charge on any atom is -0.311 e. The molecule has 0 amide bonds. The molecule has 0 atom stereocenters. The monoisotopic (exact) mass is 206 g/mol. The number of nitrogens with one attached hydrogen (secondary N) is 1. The summed E-state index contributed by atoms with van der Waals surface area (Å²) < 4.78 is 0. The summed E-state index contributed by atoms with van der Waals surface area (Å²) >= 11 is 0. The Morgan fingerprint density at radius 3 is 2.00 bits per heavy atom. The predicted molar refractivity (Wildman–Crippen MR) is 61.4 cm³/mol. The largest absolute Gasteiger partial charge is 0.311 e. The second-order valence-electron chi connectivity index (χ2n) is 5.18. The van der Waals surface area contributed by atoms with Crippen molar-refractivity contribution in [3.8, 4) is 6.07 Å². The van der Waals surface area contributed by atoms with Gasteiger partial charge in [-0.15, -0.1) is 0 Å². The number of hydrogen-bond acceptors (Lipinski definition) is 2. The Morgan fingerprint density at radius 2 is 1.40 bits per heavy atom. The van der Waals surface area contributed by atoms with E-state index in [2.05, 4.69) is 11.4 Å². The molecule has 0 bridgehead atoms. The zero-order valence-corrected chi connectivity index (χ0v) is 9.54. The van der Waals surface area contributed by atoms with Crippen LogP contribution < -0.4 is 5.32 Å². The third-order valence-corrected chi connectivity index (χ3v) is 3.99. The van der Waals surface area contributed by atoms with Crippen LogP contribution in [0.1, 0.15) is 57.8 Å². The molecular weight excluding hydrogens is 184 g/mol. The quantitative estimate of drug-likeness (QED) is 0.754. The Balaban J connectivity index is 1.69. The van der Waals surface area contributed by atoms with Crippen LogP contribution in [0.3, 0.4) is 0 Å². The second kappa shape index (κ2) is 5.51. The van der Waals surface area contributed by atoms with Gasteiger partial charge >= 0.3 is 0 Å². The van der Waals surface area contributed by atoms with Gasteiger partial charge in [-0.05, 0) is 38.5 Å². The van der Waals surface area contributed by atoms with Crippen molar-refractivity contribution in [3.05, 3.63) is 0 Å². The van der Waals surface area contributed by atoms with E-state index in [0.29, 0.717) is 12.0 Å². The van der Waals surface area contributed by atoms with E-state index in [1.165, 1.54) is 44.9 Å². The maximum absolute atomic E-state index is 8.83. The van der Waals surface area contributed by atoms with E-state index in [9.17, 15) is 0 Å². The minimum atomic E-state index is 0.342. The molecule has 0 aliphatic heterocycles. The summed E-state index contributed by atoms with van der Waals surface area (Å²) in [7, 11) is 0. The van der Waals surface area contributed by atoms with Gasteiger partial charge in [-0.25, -0.2) is 0 Å². The van der Waals surface area contributed by atoms with Gasteiger partial charge in [0.15, 0.2) is 0 Å². The highest BCUT2D eigenvalue weighted by molar-refractivity contribution is 4.90. The molecule has 0 unspecified atom stereocenters. The lowest BCUT2D eigenvalue weighted by molar-refractivity contribution is 0.273. The molecule has 0 heterocycles. The van der Waals surface area contributed by atoms with Crippen LogP contribution in [-0.2, 0) is 0 Å². The number of hydrogen-bond donors (Lipinski definition) is 1. The van der Waals surface area contributed by atoms with Crippen molar-refractivity contribution < 1.29 is 0 Å². The van der Waals surface area contributed by atoms with E-state index >= 15 is 0 Å². The fraction of sp³-hybridized carbons (Fsp3) is 0.923. The van der Waals surface area contributed by atoms with Crippen molar-refractivity contribution >= 4 is 0 Å². The standard InChI is InChI=1S/C13H22N2/c14-10-11-6-8-13(9-7-11)15-12-4-2-1-3-5-12/h11-13,15H,1-9H2. The van der Waals surface area contributed by atoms with Crippen molar-refractivity contribution in [3.63, 3.8) is 0 Å². The molecule has 2 nitrogen and oxygen atoms in total. The smallest absolute Gasteiger partial charge is 0.0655 e. The first kappa shape index (κ1) is 11.0. The van der Waals surface area contributed by atoms with Gasteiger partial charge in [0.1, 0.15) is 0 Å². The zero-order valence-electron chi connectivity index (χ0n) is 9.54. The van der Waals surface area contributed by atoms with E-state index in [-0.39, 0.29) is 0 Å². The van der Waals surface area contributed by atoms with Crippen LogP contribution in [0.5, 0.6) is 0 Å². The van der Waals surface area contributed by atoms with Crippen molar-refractivity contribution in [2.45, 2.75) is 69.9 Å². The third-order valence-electron chi connectivity index (χ3n) is 3.99. The SMILES string of the molecule is N#CC1CCC(NC2CCCCC2)CC1. The first-order valence-corrected chi connectivity index (χ1v) is 6.54. The topological polar surface area (TPSA) is 35.8 Å². The highest BCUT2D eigenvalue weighted by atomic mass is 15.0. The molecule has 0 aromatic rings. The van der Waals surface area contributed by atoms with Gasteiger partial charge in [0, 0.05) is 18.0 Å². The highest BCUT2D eigenvalue weighted by Crippen LogP contribution is 2.25. The Hall–Kier alpha value is -0.550. The van der Waals surface area contributed by atoms with Gasteiger partial charge in [0.05, 0.1) is 6.07 Å². The van der Waals surface area contributed by atoms with Gasteiger partial charge in [0.2, 0.25) is 0 Å². The average Bonchev–Trinajstić information content (AvgIpc) is 2.31. The van der Waals surface area contributed by atoms with Crippen LogP contribution >= 0.6 is 0 Å². The van der Waals surface area contributed by atoms with Crippen molar-refractivity contribution in [2.24, 2.45) is 5.92 Å². The molecule has 2 heteroatoms. The van der Waals surface area contributed by atoms with Crippen molar-refractivity contribution in [1.82, 2.24) is 5.32 Å². The fourth-order valence-corrected chi connectivity index (χ4v) is 2.99. The number of nitriles is 1. The van der Waals surface area contributed by atoms with Crippen LogP contribution in [0.25, 0.3) is 0 Å². The molecule has 0 radical (unpaired) electrons. The molecule has 0 saturated heterocycles. The first-order chi connectivity index (χ1) is 7.38. The maximum atomic E-state index is 8.83. The molecule has 1 N–H and O–H groups in total. The number of rotatable bonds is 2. The van der Waals surface area contributed by atoms with Crippen LogP contribution in [0, 0.1) is 17.2 Å². The van der Waals surface area contributed by atoms with E-state index in [1.807, 2.05) is 0 Å². The Kier molecular flexibility index (Phi) is 4.02. The summed E-state index contributed by atoms with van der Waals surface area (Å²) in [6, 6.07) is 3.89. The lowest BCUT2D eigenvalue weighted by atomic mass is 9.85. The Morgan fingerprint density at radius 1 is 0.800 bits per heavy atom. The van der Waals surface area contributed by atoms with Crippen LogP contribution in [0.4, 0.5) is 0 Å². The molecule has 2 aliphatic rings. The van der Waals surface area contributed by atoms with Crippen molar-refractivity contribution in [1.29, 1.82) is 5.26 Å². The average molecular weight is 206 g/mol. The molecule has 84 valence electrons. The molecule has 2 rings (SSSR count). The maximum Gasteiger partial charge on any atom is 0.0655 e. The minimum absolute atomic E-state index is 0.342. The van der Waals surface area contributed by atoms with E-state index < -0.39 is 0 Å². The Bertz CT molecular complexity index is 217. The molecule has 0 spiro atoms. The molecule has 0 aromatic heterocycles. The molecule has 0 aromatic carbocycles. The highest BCUT2D eigenvalue weighted by Gasteiger charge is 2.23. The van der Waals surface area contributed by atoms with Gasteiger partial charge in [-0.2, -0.15) is 5.26 Å². The molecule has 2 aliphatic carbocycles. The summed E-state index contributed by atoms with van der Waals surface area (Å²) in [6.07, 6.45) is 11.7.